The van der Waals surface area contributed by atoms with Crippen LogP contribution in [0.4, 0.5) is 5.82 Å². The van der Waals surface area contributed by atoms with Crippen molar-refractivity contribution in [2.75, 3.05) is 0 Å². The Morgan fingerprint density at radius 2 is 2.20 bits per heavy atom. The molecule has 0 aliphatic carbocycles. The SMILES string of the molecule is Cn1c([N+](=O)[O-])cnc1/C=N/C(C)(C)C. The van der Waals surface area contributed by atoms with Crippen molar-refractivity contribution in [2.24, 2.45) is 12.0 Å². The average molecular weight is 210 g/mol. The van der Waals surface area contributed by atoms with Gasteiger partial charge in [0, 0.05) is 0 Å². The highest BCUT2D eigenvalue weighted by molar-refractivity contribution is 5.75. The van der Waals surface area contributed by atoms with Gasteiger partial charge in [0.25, 0.3) is 0 Å². The third-order valence-corrected chi connectivity index (χ3v) is 1.75. The molecule has 0 bridgehead atoms. The zero-order valence-corrected chi connectivity index (χ0v) is 9.26. The van der Waals surface area contributed by atoms with Crippen LogP contribution in [0, 0.1) is 10.1 Å². The van der Waals surface area contributed by atoms with Crippen molar-refractivity contribution in [3.63, 3.8) is 0 Å². The van der Waals surface area contributed by atoms with E-state index in [1.54, 1.807) is 13.3 Å². The van der Waals surface area contributed by atoms with Gasteiger partial charge in [-0.1, -0.05) is 0 Å². The Bertz CT molecular complexity index is 401. The van der Waals surface area contributed by atoms with E-state index >= 15 is 0 Å². The number of hydrogen-bond donors (Lipinski definition) is 0. The van der Waals surface area contributed by atoms with Crippen LogP contribution in [0.1, 0.15) is 26.6 Å². The second kappa shape index (κ2) is 3.80. The van der Waals surface area contributed by atoms with Crippen LogP contribution in [0.3, 0.4) is 0 Å². The fourth-order valence-electron chi connectivity index (χ4n) is 0.955. The first-order chi connectivity index (χ1) is 6.81. The molecular weight excluding hydrogens is 196 g/mol. The molecule has 6 nitrogen and oxygen atoms in total. The van der Waals surface area contributed by atoms with Crippen molar-refractivity contribution < 1.29 is 4.92 Å². The lowest BCUT2D eigenvalue weighted by Crippen LogP contribution is -2.11. The summed E-state index contributed by atoms with van der Waals surface area (Å²) in [4.78, 5) is 18.2. The van der Waals surface area contributed by atoms with E-state index in [4.69, 9.17) is 0 Å². The molecule has 0 N–H and O–H groups in total. The smallest absolute Gasteiger partial charge is 0.342 e. The number of aliphatic imine (C=N–C) groups is 1. The first kappa shape index (κ1) is 11.4. The lowest BCUT2D eigenvalue weighted by molar-refractivity contribution is -0.391. The number of nitro groups is 1. The van der Waals surface area contributed by atoms with Crippen LogP contribution in [0.25, 0.3) is 0 Å². The fourth-order valence-corrected chi connectivity index (χ4v) is 0.955. The van der Waals surface area contributed by atoms with Gasteiger partial charge in [-0.05, 0) is 25.7 Å². The lowest BCUT2D eigenvalue weighted by Gasteiger charge is -2.09. The van der Waals surface area contributed by atoms with E-state index in [0.717, 1.165) is 0 Å². The van der Waals surface area contributed by atoms with Gasteiger partial charge in [0.2, 0.25) is 5.82 Å². The molecule has 0 spiro atoms. The Morgan fingerprint density at radius 3 is 2.60 bits per heavy atom. The van der Waals surface area contributed by atoms with Crippen LogP contribution in [-0.4, -0.2) is 26.2 Å². The maximum Gasteiger partial charge on any atom is 0.342 e. The predicted molar refractivity (Wildman–Crippen MR) is 57.2 cm³/mol. The molecule has 0 atom stereocenters. The van der Waals surface area contributed by atoms with Gasteiger partial charge in [-0.25, -0.2) is 9.55 Å². The van der Waals surface area contributed by atoms with Crippen molar-refractivity contribution in [1.82, 2.24) is 9.55 Å². The summed E-state index contributed by atoms with van der Waals surface area (Å²) in [5.74, 6) is 0.446. The Hall–Kier alpha value is -1.72. The van der Waals surface area contributed by atoms with Gasteiger partial charge < -0.3 is 10.1 Å². The highest BCUT2D eigenvalue weighted by atomic mass is 16.6. The summed E-state index contributed by atoms with van der Waals surface area (Å²) in [6, 6.07) is 0. The van der Waals surface area contributed by atoms with Gasteiger partial charge in [0.1, 0.15) is 6.20 Å². The van der Waals surface area contributed by atoms with E-state index < -0.39 is 4.92 Å². The van der Waals surface area contributed by atoms with Crippen LogP contribution in [-0.2, 0) is 7.05 Å². The Labute approximate surface area is 87.8 Å². The van der Waals surface area contributed by atoms with Crippen LogP contribution in [0.5, 0.6) is 0 Å². The normalized spacial score (nSPS) is 12.3. The standard InChI is InChI=1S/C9H14N4O2/c1-9(2,3)11-5-7-10-6-8(12(7)4)13(14)15/h5-6H,1-4H3/b11-5+. The second-order valence-corrected chi connectivity index (χ2v) is 4.22. The molecule has 1 rings (SSSR count). The van der Waals surface area contributed by atoms with Crippen LogP contribution in [0.2, 0.25) is 0 Å². The molecule has 82 valence electrons. The van der Waals surface area contributed by atoms with Crippen molar-refractivity contribution in [1.29, 1.82) is 0 Å². The van der Waals surface area contributed by atoms with Gasteiger partial charge in [-0.2, -0.15) is 0 Å². The minimum absolute atomic E-state index is 0.0367. The third-order valence-electron chi connectivity index (χ3n) is 1.75. The number of nitrogens with zero attached hydrogens (tertiary/aromatic N) is 4. The van der Waals surface area contributed by atoms with Gasteiger partial charge in [-0.15, -0.1) is 0 Å². The maximum absolute atomic E-state index is 10.5. The van der Waals surface area contributed by atoms with Crippen molar-refractivity contribution >= 4 is 12.0 Å². The van der Waals surface area contributed by atoms with E-state index in [-0.39, 0.29) is 11.4 Å². The lowest BCUT2D eigenvalue weighted by atomic mass is 10.1. The van der Waals surface area contributed by atoms with E-state index in [0.29, 0.717) is 5.82 Å². The number of imidazole rings is 1. The zero-order valence-electron chi connectivity index (χ0n) is 9.26. The molecule has 1 aromatic rings. The minimum Gasteiger partial charge on any atom is -0.358 e. The maximum atomic E-state index is 10.5. The van der Waals surface area contributed by atoms with E-state index in [2.05, 4.69) is 9.98 Å². The number of rotatable bonds is 2. The molecule has 1 aromatic heterocycles. The third kappa shape index (κ3) is 2.87. The molecule has 0 saturated carbocycles. The molecular formula is C9H14N4O2. The fraction of sp³-hybridized carbons (Fsp3) is 0.556. The van der Waals surface area contributed by atoms with Crippen molar-refractivity contribution in [3.8, 4) is 0 Å². The summed E-state index contributed by atoms with van der Waals surface area (Å²) in [5.41, 5.74) is -0.208. The van der Waals surface area contributed by atoms with E-state index in [1.807, 2.05) is 20.8 Å². The summed E-state index contributed by atoms with van der Waals surface area (Å²) < 4.78 is 1.40. The largest absolute Gasteiger partial charge is 0.358 e. The Morgan fingerprint density at radius 1 is 1.60 bits per heavy atom. The molecule has 0 aliphatic rings. The minimum atomic E-state index is -0.471. The molecule has 0 fully saturated rings. The monoisotopic (exact) mass is 210 g/mol. The first-order valence-electron chi connectivity index (χ1n) is 4.52. The van der Waals surface area contributed by atoms with E-state index in [9.17, 15) is 10.1 Å². The summed E-state index contributed by atoms with van der Waals surface area (Å²) in [5, 5.41) is 10.5. The number of aromatic nitrogens is 2. The van der Waals surface area contributed by atoms with Crippen LogP contribution >= 0.6 is 0 Å². The molecule has 0 aliphatic heterocycles. The van der Waals surface area contributed by atoms with Crippen molar-refractivity contribution in [2.45, 2.75) is 26.3 Å². The molecule has 0 radical (unpaired) electrons. The quantitative estimate of drug-likeness (QED) is 0.422. The Balaban J connectivity index is 2.98. The van der Waals surface area contributed by atoms with Crippen molar-refractivity contribution in [3.05, 3.63) is 22.1 Å². The van der Waals surface area contributed by atoms with E-state index in [1.165, 1.54) is 10.8 Å². The summed E-state index contributed by atoms with van der Waals surface area (Å²) >= 11 is 0. The molecule has 0 saturated heterocycles. The molecule has 0 unspecified atom stereocenters. The van der Waals surface area contributed by atoms with Gasteiger partial charge in [0.15, 0.2) is 0 Å². The van der Waals surface area contributed by atoms with Crippen LogP contribution < -0.4 is 0 Å². The van der Waals surface area contributed by atoms with Gasteiger partial charge in [0.05, 0.1) is 18.8 Å². The molecule has 0 amide bonds. The highest BCUT2D eigenvalue weighted by Crippen LogP contribution is 2.11. The summed E-state index contributed by atoms with van der Waals surface area (Å²) in [6.07, 6.45) is 2.77. The van der Waals surface area contributed by atoms with Crippen LogP contribution in [0.15, 0.2) is 11.2 Å². The van der Waals surface area contributed by atoms with Gasteiger partial charge in [-0.3, -0.25) is 4.99 Å². The highest BCUT2D eigenvalue weighted by Gasteiger charge is 2.15. The predicted octanol–water partition coefficient (Wildman–Crippen LogP) is 1.55. The second-order valence-electron chi connectivity index (χ2n) is 4.22. The zero-order chi connectivity index (χ0) is 11.6. The van der Waals surface area contributed by atoms with Gasteiger partial charge >= 0.3 is 5.82 Å². The average Bonchev–Trinajstić information content (AvgIpc) is 2.42. The Kier molecular flexibility index (Phi) is 2.88. The summed E-state index contributed by atoms with van der Waals surface area (Å²) in [7, 11) is 1.59. The molecule has 15 heavy (non-hydrogen) atoms. The molecule has 0 aromatic carbocycles. The molecule has 1 heterocycles. The first-order valence-corrected chi connectivity index (χ1v) is 4.52. The topological polar surface area (TPSA) is 73.3 Å². The number of hydrogen-bond acceptors (Lipinski definition) is 4. The molecule has 6 heteroatoms. The summed E-state index contributed by atoms with van der Waals surface area (Å²) in [6.45, 7) is 5.84.